The minimum Gasteiger partial charge on any atom is -0.480 e. The van der Waals surface area contributed by atoms with E-state index >= 15 is 0 Å². The number of allylic oxidation sites excluding steroid dienone is 4. The van der Waals surface area contributed by atoms with Crippen LogP contribution in [0.15, 0.2) is 24.3 Å². The molecule has 64 heavy (non-hydrogen) atoms. The lowest BCUT2D eigenvalue weighted by atomic mass is 10.0. The number of aliphatic carboxylic acids is 1. The Kier molecular flexibility index (Phi) is 45.9. The Labute approximate surface area is 391 Å². The first kappa shape index (κ1) is 62.0. The summed E-state index contributed by atoms with van der Waals surface area (Å²) in [5.41, 5.74) is 5.36. The van der Waals surface area contributed by atoms with E-state index in [0.717, 1.165) is 51.4 Å². The highest BCUT2D eigenvalue weighted by atomic mass is 31.2. The highest BCUT2D eigenvalue weighted by molar-refractivity contribution is 7.47. The molecule has 0 aromatic heterocycles. The fourth-order valence-electron chi connectivity index (χ4n) is 7.57. The molecule has 0 radical (unpaired) electrons. The molecule has 0 spiro atoms. The summed E-state index contributed by atoms with van der Waals surface area (Å²) in [6.07, 6.45) is 52.4. The summed E-state index contributed by atoms with van der Waals surface area (Å²) in [5.74, 6) is -2.36. The molecule has 0 rings (SSSR count). The molecule has 4 N–H and O–H groups in total. The molecule has 0 heterocycles. The van der Waals surface area contributed by atoms with Gasteiger partial charge in [-0.3, -0.25) is 23.4 Å². The van der Waals surface area contributed by atoms with Crippen molar-refractivity contribution in [2.45, 2.75) is 270 Å². The maximum Gasteiger partial charge on any atom is 0.472 e. The van der Waals surface area contributed by atoms with Gasteiger partial charge in [0.2, 0.25) is 0 Å². The van der Waals surface area contributed by atoms with E-state index in [2.05, 4.69) is 42.7 Å². The third kappa shape index (κ3) is 46.5. The normalized spacial score (nSPS) is 13.7. The molecular weight excluding hydrogens is 830 g/mol. The Morgan fingerprint density at radius 1 is 0.484 bits per heavy atom. The van der Waals surface area contributed by atoms with Gasteiger partial charge < -0.3 is 25.2 Å². The van der Waals surface area contributed by atoms with E-state index in [4.69, 9.17) is 24.8 Å². The summed E-state index contributed by atoms with van der Waals surface area (Å²) >= 11 is 0. The van der Waals surface area contributed by atoms with Crippen LogP contribution in [0.1, 0.15) is 258 Å². The van der Waals surface area contributed by atoms with Gasteiger partial charge in [-0.15, -0.1) is 0 Å². The molecule has 376 valence electrons. The number of hydrogen-bond donors (Lipinski definition) is 3. The second-order valence-corrected chi connectivity index (χ2v) is 19.5. The molecule has 0 saturated heterocycles. The molecule has 0 aliphatic heterocycles. The minimum absolute atomic E-state index is 0.166. The van der Waals surface area contributed by atoms with Crippen molar-refractivity contribution in [2.75, 3.05) is 19.8 Å². The van der Waals surface area contributed by atoms with Crippen LogP contribution in [0.3, 0.4) is 0 Å². The molecule has 0 aromatic carbocycles. The van der Waals surface area contributed by atoms with Gasteiger partial charge in [0.05, 0.1) is 13.2 Å². The summed E-state index contributed by atoms with van der Waals surface area (Å²) in [7, 11) is -4.72. The van der Waals surface area contributed by atoms with Crippen molar-refractivity contribution < 1.29 is 47.5 Å². The zero-order chi connectivity index (χ0) is 47.0. The number of nitrogens with two attached hydrogens (primary N) is 1. The van der Waals surface area contributed by atoms with Gasteiger partial charge in [-0.1, -0.05) is 224 Å². The monoisotopic (exact) mass is 928 g/mol. The standard InChI is InChI=1S/C52H98NO10P/c1-3-5-7-9-11-13-15-17-19-21-23-24-26-28-30-32-34-36-38-40-42-44-51(55)63-48(46-61-64(58,59)62-47-49(53)52(56)57)45-60-50(54)43-41-39-37-35-33-31-29-27-25-22-20-18-16-14-12-10-8-6-4-2/h12,14,18,20,48-49H,3-11,13,15-17,19,21-47,53H2,1-2H3,(H,56,57)(H,58,59)/b14-12+,20-18+/t48-,49+/m1/s1. The van der Waals surface area contributed by atoms with Crippen molar-refractivity contribution in [3.8, 4) is 0 Å². The van der Waals surface area contributed by atoms with Crippen molar-refractivity contribution in [1.29, 1.82) is 0 Å². The second-order valence-electron chi connectivity index (χ2n) is 18.0. The molecule has 0 amide bonds. The van der Waals surface area contributed by atoms with Crippen molar-refractivity contribution >= 4 is 25.7 Å². The van der Waals surface area contributed by atoms with Crippen LogP contribution in [0, 0.1) is 0 Å². The number of carboxylic acids is 1. The summed E-state index contributed by atoms with van der Waals surface area (Å²) in [5, 5.41) is 8.93. The molecule has 0 aliphatic carbocycles. The SMILES string of the molecule is CCCCC/C=C/C/C=C/CCCCCCCCCCCC(=O)OC[C@H](COP(=O)(O)OC[C@H](N)C(=O)O)OC(=O)CCCCCCCCCCCCCCCCCCCCCCC. The van der Waals surface area contributed by atoms with E-state index in [9.17, 15) is 23.8 Å². The Bertz CT molecular complexity index is 1180. The molecule has 12 heteroatoms. The molecule has 1 unspecified atom stereocenters. The van der Waals surface area contributed by atoms with Crippen molar-refractivity contribution in [2.24, 2.45) is 5.73 Å². The molecule has 0 aromatic rings. The van der Waals surface area contributed by atoms with E-state index in [-0.39, 0.29) is 19.4 Å². The van der Waals surface area contributed by atoms with E-state index in [1.165, 1.54) is 167 Å². The first-order valence-electron chi connectivity index (χ1n) is 26.4. The molecule has 0 saturated carbocycles. The Balaban J connectivity index is 4.20. The number of unbranched alkanes of at least 4 members (excludes halogenated alkanes) is 32. The number of phosphoric acid groups is 1. The summed E-state index contributed by atoms with van der Waals surface area (Å²) in [6.45, 7) is 2.83. The number of carbonyl (C=O) groups excluding carboxylic acids is 2. The Hall–Kier alpha value is -2.04. The van der Waals surface area contributed by atoms with E-state index in [0.29, 0.717) is 12.8 Å². The smallest absolute Gasteiger partial charge is 0.472 e. The number of carbonyl (C=O) groups is 3. The highest BCUT2D eigenvalue weighted by Crippen LogP contribution is 2.43. The van der Waals surface area contributed by atoms with Gasteiger partial charge in [0.1, 0.15) is 12.6 Å². The lowest BCUT2D eigenvalue weighted by Crippen LogP contribution is -2.34. The van der Waals surface area contributed by atoms with Gasteiger partial charge in [-0.25, -0.2) is 4.57 Å². The Morgan fingerprint density at radius 3 is 1.25 bits per heavy atom. The van der Waals surface area contributed by atoms with E-state index < -0.39 is 51.1 Å². The predicted molar refractivity (Wildman–Crippen MR) is 263 cm³/mol. The zero-order valence-corrected chi connectivity index (χ0v) is 42.0. The fourth-order valence-corrected chi connectivity index (χ4v) is 8.35. The summed E-state index contributed by atoms with van der Waals surface area (Å²) < 4.78 is 32.9. The fraction of sp³-hybridized carbons (Fsp3) is 0.865. The molecule has 11 nitrogen and oxygen atoms in total. The van der Waals surface area contributed by atoms with Crippen LogP contribution in [-0.2, 0) is 37.5 Å². The van der Waals surface area contributed by atoms with Crippen LogP contribution < -0.4 is 5.73 Å². The highest BCUT2D eigenvalue weighted by Gasteiger charge is 2.28. The van der Waals surface area contributed by atoms with Crippen molar-refractivity contribution in [3.05, 3.63) is 24.3 Å². The van der Waals surface area contributed by atoms with Gasteiger partial charge in [-0.05, 0) is 44.9 Å². The van der Waals surface area contributed by atoms with Crippen LogP contribution in [0.5, 0.6) is 0 Å². The van der Waals surface area contributed by atoms with E-state index in [1.807, 2.05) is 0 Å². The van der Waals surface area contributed by atoms with Crippen LogP contribution >= 0.6 is 7.82 Å². The molecule has 0 fully saturated rings. The van der Waals surface area contributed by atoms with Gasteiger partial charge in [0, 0.05) is 12.8 Å². The molecule has 3 atom stereocenters. The van der Waals surface area contributed by atoms with E-state index in [1.54, 1.807) is 0 Å². The second kappa shape index (κ2) is 47.5. The lowest BCUT2D eigenvalue weighted by Gasteiger charge is -2.20. The molecule has 0 aliphatic rings. The first-order valence-corrected chi connectivity index (χ1v) is 27.9. The van der Waals surface area contributed by atoms with Crippen LogP contribution in [0.2, 0.25) is 0 Å². The topological polar surface area (TPSA) is 172 Å². The lowest BCUT2D eigenvalue weighted by molar-refractivity contribution is -0.161. The average molecular weight is 928 g/mol. The third-order valence-corrected chi connectivity index (χ3v) is 12.7. The minimum atomic E-state index is -4.72. The maximum absolute atomic E-state index is 12.7. The van der Waals surface area contributed by atoms with Gasteiger partial charge in [0.25, 0.3) is 0 Å². The summed E-state index contributed by atoms with van der Waals surface area (Å²) in [4.78, 5) is 46.2. The number of ether oxygens (including phenoxy) is 2. The zero-order valence-electron chi connectivity index (χ0n) is 41.1. The van der Waals surface area contributed by atoms with Crippen molar-refractivity contribution in [1.82, 2.24) is 0 Å². The largest absolute Gasteiger partial charge is 0.480 e. The van der Waals surface area contributed by atoms with Crippen molar-refractivity contribution in [3.63, 3.8) is 0 Å². The van der Waals surface area contributed by atoms with Crippen LogP contribution in [0.4, 0.5) is 0 Å². The first-order chi connectivity index (χ1) is 31.1. The number of hydrogen-bond acceptors (Lipinski definition) is 9. The van der Waals surface area contributed by atoms with Crippen LogP contribution in [-0.4, -0.2) is 59.9 Å². The third-order valence-electron chi connectivity index (χ3n) is 11.7. The average Bonchev–Trinajstić information content (AvgIpc) is 3.27. The number of esters is 2. The number of phosphoric ester groups is 1. The number of rotatable bonds is 50. The molecular formula is C52H98NO10P. The summed E-state index contributed by atoms with van der Waals surface area (Å²) in [6, 6.07) is -1.52. The maximum atomic E-state index is 12.7. The number of carboxylic acid groups (broad SMARTS) is 1. The molecule has 0 bridgehead atoms. The Morgan fingerprint density at radius 2 is 0.828 bits per heavy atom. The van der Waals surface area contributed by atoms with Gasteiger partial charge >= 0.3 is 25.7 Å². The van der Waals surface area contributed by atoms with Crippen LogP contribution in [0.25, 0.3) is 0 Å². The van der Waals surface area contributed by atoms with Gasteiger partial charge in [-0.2, -0.15) is 0 Å². The van der Waals surface area contributed by atoms with Gasteiger partial charge in [0.15, 0.2) is 6.10 Å². The predicted octanol–water partition coefficient (Wildman–Crippen LogP) is 15.0. The quantitative estimate of drug-likeness (QED) is 0.0229.